The molecule has 0 aliphatic heterocycles. The highest BCUT2D eigenvalue weighted by Crippen LogP contribution is 2.26. The van der Waals surface area contributed by atoms with Crippen LogP contribution in [-0.2, 0) is 0 Å². The average molecular weight is 239 g/mol. The van der Waals surface area contributed by atoms with Crippen LogP contribution < -0.4 is 4.90 Å². The van der Waals surface area contributed by atoms with Crippen LogP contribution in [0, 0.1) is 0 Å². The summed E-state index contributed by atoms with van der Waals surface area (Å²) in [5, 5.41) is 0.712. The molecule has 0 atom stereocenters. The van der Waals surface area contributed by atoms with Crippen LogP contribution >= 0.6 is 11.6 Å². The van der Waals surface area contributed by atoms with Crippen LogP contribution in [0.15, 0.2) is 18.3 Å². The number of hydrogen-bond acceptors (Lipinski definition) is 2. The molecule has 0 N–H and O–H groups in total. The first-order valence-electron chi connectivity index (χ1n) is 6.19. The normalized spacial score (nSPS) is 17.4. The lowest BCUT2D eigenvalue weighted by atomic mass is 9.94. The van der Waals surface area contributed by atoms with Gasteiger partial charge in [-0.25, -0.2) is 4.98 Å². The summed E-state index contributed by atoms with van der Waals surface area (Å²) in [5.74, 6) is 1.07. The minimum Gasteiger partial charge on any atom is -0.354 e. The Labute approximate surface area is 103 Å². The maximum absolute atomic E-state index is 5.86. The van der Waals surface area contributed by atoms with Gasteiger partial charge in [0.1, 0.15) is 5.82 Å². The Morgan fingerprint density at radius 3 is 2.62 bits per heavy atom. The van der Waals surface area contributed by atoms with Crippen LogP contribution in [0.4, 0.5) is 5.82 Å². The van der Waals surface area contributed by atoms with E-state index in [1.807, 2.05) is 12.1 Å². The number of anilines is 1. The number of pyridine rings is 1. The summed E-state index contributed by atoms with van der Waals surface area (Å²) in [5.41, 5.74) is 0. The van der Waals surface area contributed by atoms with Crippen molar-refractivity contribution in [2.75, 3.05) is 11.4 Å². The van der Waals surface area contributed by atoms with Gasteiger partial charge in [0.15, 0.2) is 0 Å². The highest BCUT2D eigenvalue weighted by molar-refractivity contribution is 6.30. The van der Waals surface area contributed by atoms with Crippen molar-refractivity contribution in [3.63, 3.8) is 0 Å². The smallest absolute Gasteiger partial charge is 0.128 e. The Balaban J connectivity index is 2.11. The molecule has 0 radical (unpaired) electrons. The third kappa shape index (κ3) is 2.67. The Kier molecular flexibility index (Phi) is 4.05. The van der Waals surface area contributed by atoms with Crippen LogP contribution in [0.3, 0.4) is 0 Å². The summed E-state index contributed by atoms with van der Waals surface area (Å²) in [6.45, 7) is 3.23. The summed E-state index contributed by atoms with van der Waals surface area (Å²) in [7, 11) is 0. The molecule has 1 aliphatic carbocycles. The first-order chi connectivity index (χ1) is 7.81. The van der Waals surface area contributed by atoms with Crippen molar-refractivity contribution >= 4 is 17.4 Å². The quantitative estimate of drug-likeness (QED) is 0.794. The summed E-state index contributed by atoms with van der Waals surface area (Å²) in [6, 6.07) is 4.63. The van der Waals surface area contributed by atoms with Crippen molar-refractivity contribution < 1.29 is 0 Å². The maximum Gasteiger partial charge on any atom is 0.128 e. The molecule has 2 rings (SSSR count). The topological polar surface area (TPSA) is 16.1 Å². The van der Waals surface area contributed by atoms with Crippen LogP contribution in [0.2, 0.25) is 5.02 Å². The fraction of sp³-hybridized carbons (Fsp3) is 0.615. The highest BCUT2D eigenvalue weighted by Gasteiger charge is 2.20. The van der Waals surface area contributed by atoms with Gasteiger partial charge in [-0.3, -0.25) is 0 Å². The van der Waals surface area contributed by atoms with E-state index >= 15 is 0 Å². The standard InChI is InChI=1S/C13H19ClN2/c1-2-16(12-6-4-3-5-7-12)13-9-8-11(14)10-15-13/h8-10,12H,2-7H2,1H3. The molecule has 0 saturated heterocycles. The third-order valence-corrected chi connectivity index (χ3v) is 3.59. The molecule has 2 nitrogen and oxygen atoms in total. The number of nitrogens with zero attached hydrogens (tertiary/aromatic N) is 2. The lowest BCUT2D eigenvalue weighted by Crippen LogP contribution is -2.37. The van der Waals surface area contributed by atoms with Gasteiger partial charge < -0.3 is 4.90 Å². The molecule has 0 bridgehead atoms. The third-order valence-electron chi connectivity index (χ3n) is 3.36. The van der Waals surface area contributed by atoms with E-state index in [9.17, 15) is 0 Å². The molecule has 1 heterocycles. The molecule has 1 aliphatic rings. The lowest BCUT2D eigenvalue weighted by molar-refractivity contribution is 0.416. The molecule has 0 unspecified atom stereocenters. The molecule has 1 aromatic rings. The van der Waals surface area contributed by atoms with Gasteiger partial charge in [-0.1, -0.05) is 30.9 Å². The van der Waals surface area contributed by atoms with E-state index in [-0.39, 0.29) is 0 Å². The predicted octanol–water partition coefficient (Wildman–Crippen LogP) is 3.89. The van der Waals surface area contributed by atoms with Gasteiger partial charge in [-0.2, -0.15) is 0 Å². The highest BCUT2D eigenvalue weighted by atomic mass is 35.5. The van der Waals surface area contributed by atoms with Crippen LogP contribution in [-0.4, -0.2) is 17.6 Å². The Morgan fingerprint density at radius 1 is 1.31 bits per heavy atom. The van der Waals surface area contributed by atoms with Gasteiger partial charge in [0, 0.05) is 18.8 Å². The fourth-order valence-corrected chi connectivity index (χ4v) is 2.65. The van der Waals surface area contributed by atoms with E-state index < -0.39 is 0 Å². The Morgan fingerprint density at radius 2 is 2.06 bits per heavy atom. The zero-order valence-electron chi connectivity index (χ0n) is 9.82. The molecule has 1 aromatic heterocycles. The van der Waals surface area contributed by atoms with Crippen LogP contribution in [0.1, 0.15) is 39.0 Å². The summed E-state index contributed by atoms with van der Waals surface area (Å²) >= 11 is 5.86. The predicted molar refractivity (Wildman–Crippen MR) is 69.1 cm³/mol. The zero-order chi connectivity index (χ0) is 11.4. The van der Waals surface area contributed by atoms with Crippen molar-refractivity contribution in [1.29, 1.82) is 0 Å². The minimum absolute atomic E-state index is 0.674. The van der Waals surface area contributed by atoms with Gasteiger partial charge in [-0.15, -0.1) is 0 Å². The lowest BCUT2D eigenvalue weighted by Gasteiger charge is -2.34. The SMILES string of the molecule is CCN(c1ccc(Cl)cn1)C1CCCCC1. The van der Waals surface area contributed by atoms with E-state index in [4.69, 9.17) is 11.6 Å². The first-order valence-corrected chi connectivity index (χ1v) is 6.57. The van der Waals surface area contributed by atoms with E-state index in [1.165, 1.54) is 32.1 Å². The molecule has 0 spiro atoms. The number of rotatable bonds is 3. The average Bonchev–Trinajstić information content (AvgIpc) is 2.34. The van der Waals surface area contributed by atoms with Gasteiger partial charge in [0.2, 0.25) is 0 Å². The largest absolute Gasteiger partial charge is 0.354 e. The van der Waals surface area contributed by atoms with Gasteiger partial charge in [-0.05, 0) is 31.9 Å². The molecule has 88 valence electrons. The molecule has 16 heavy (non-hydrogen) atoms. The van der Waals surface area contributed by atoms with Crippen LogP contribution in [0.25, 0.3) is 0 Å². The molecule has 1 saturated carbocycles. The molecular weight excluding hydrogens is 220 g/mol. The van der Waals surface area contributed by atoms with Crippen molar-refractivity contribution in [1.82, 2.24) is 4.98 Å². The number of halogens is 1. The van der Waals surface area contributed by atoms with E-state index in [2.05, 4.69) is 16.8 Å². The van der Waals surface area contributed by atoms with Crippen LogP contribution in [0.5, 0.6) is 0 Å². The molecule has 0 aromatic carbocycles. The second-order valence-corrected chi connectivity index (χ2v) is 4.85. The van der Waals surface area contributed by atoms with Crippen molar-refractivity contribution in [3.05, 3.63) is 23.4 Å². The van der Waals surface area contributed by atoms with Gasteiger partial charge >= 0.3 is 0 Å². The summed E-state index contributed by atoms with van der Waals surface area (Å²) in [4.78, 5) is 6.83. The maximum atomic E-state index is 5.86. The first kappa shape index (κ1) is 11.7. The fourth-order valence-electron chi connectivity index (χ4n) is 2.54. The summed E-state index contributed by atoms with van der Waals surface area (Å²) < 4.78 is 0. The number of aromatic nitrogens is 1. The zero-order valence-corrected chi connectivity index (χ0v) is 10.6. The Hall–Kier alpha value is -0.760. The van der Waals surface area contributed by atoms with Crippen molar-refractivity contribution in [3.8, 4) is 0 Å². The van der Waals surface area contributed by atoms with Gasteiger partial charge in [0.05, 0.1) is 5.02 Å². The second kappa shape index (κ2) is 5.53. The Bertz CT molecular complexity index is 317. The van der Waals surface area contributed by atoms with Crippen molar-refractivity contribution in [2.45, 2.75) is 45.1 Å². The molecular formula is C13H19ClN2. The summed E-state index contributed by atoms with van der Waals surface area (Å²) in [6.07, 6.45) is 8.45. The monoisotopic (exact) mass is 238 g/mol. The number of hydrogen-bond donors (Lipinski definition) is 0. The van der Waals surface area contributed by atoms with Crippen molar-refractivity contribution in [2.24, 2.45) is 0 Å². The molecule has 3 heteroatoms. The molecule has 1 fully saturated rings. The van der Waals surface area contributed by atoms with E-state index in [1.54, 1.807) is 6.20 Å². The minimum atomic E-state index is 0.674. The van der Waals surface area contributed by atoms with E-state index in [0.29, 0.717) is 11.1 Å². The van der Waals surface area contributed by atoms with E-state index in [0.717, 1.165) is 12.4 Å². The molecule has 0 amide bonds. The van der Waals surface area contributed by atoms with Gasteiger partial charge in [0.25, 0.3) is 0 Å². The second-order valence-electron chi connectivity index (χ2n) is 4.41.